The summed E-state index contributed by atoms with van der Waals surface area (Å²) in [6, 6.07) is 0. The molecule has 0 aromatic rings. The summed E-state index contributed by atoms with van der Waals surface area (Å²) in [6.07, 6.45) is 3.15. The van der Waals surface area contributed by atoms with Crippen LogP contribution in [0.3, 0.4) is 0 Å². The van der Waals surface area contributed by atoms with Gasteiger partial charge in [-0.1, -0.05) is 13.8 Å². The smallest absolute Gasteiger partial charge is 0.194 e. The van der Waals surface area contributed by atoms with Gasteiger partial charge in [0, 0.05) is 39.3 Å². The van der Waals surface area contributed by atoms with Crippen LogP contribution in [0.25, 0.3) is 0 Å². The molecule has 2 rings (SSSR count). The van der Waals surface area contributed by atoms with Crippen molar-refractivity contribution in [1.29, 1.82) is 0 Å². The molecule has 2 fully saturated rings. The summed E-state index contributed by atoms with van der Waals surface area (Å²) < 4.78 is 0. The van der Waals surface area contributed by atoms with E-state index in [2.05, 4.69) is 35.9 Å². The Hall–Kier alpha value is -0.0800. The van der Waals surface area contributed by atoms with E-state index in [1.165, 1.54) is 19.5 Å². The minimum absolute atomic E-state index is 0. The van der Waals surface area contributed by atoms with E-state index in [1.807, 2.05) is 0 Å². The number of likely N-dealkylation sites (tertiary alicyclic amines) is 2. The molecule has 0 bridgehead atoms. The van der Waals surface area contributed by atoms with E-state index in [9.17, 15) is 5.11 Å². The Labute approximate surface area is 158 Å². The molecule has 2 unspecified atom stereocenters. The number of aliphatic imine (C=N–C) groups is 1. The molecule has 0 saturated carbocycles. The summed E-state index contributed by atoms with van der Waals surface area (Å²) in [7, 11) is 0. The van der Waals surface area contributed by atoms with E-state index in [1.54, 1.807) is 0 Å². The van der Waals surface area contributed by atoms with Gasteiger partial charge in [-0.15, -0.1) is 24.0 Å². The van der Waals surface area contributed by atoms with Crippen LogP contribution in [0.15, 0.2) is 4.99 Å². The fourth-order valence-electron chi connectivity index (χ4n) is 3.81. The lowest BCUT2D eigenvalue weighted by molar-refractivity contribution is 0.140. The van der Waals surface area contributed by atoms with Crippen LogP contribution >= 0.6 is 24.0 Å². The van der Waals surface area contributed by atoms with E-state index >= 15 is 0 Å². The van der Waals surface area contributed by atoms with E-state index < -0.39 is 0 Å². The maximum absolute atomic E-state index is 9.68. The molecule has 2 heterocycles. The number of nitrogens with zero attached hydrogens (tertiary/aromatic N) is 3. The lowest BCUT2D eigenvalue weighted by Crippen LogP contribution is -2.41. The van der Waals surface area contributed by atoms with Crippen molar-refractivity contribution < 1.29 is 5.11 Å². The quantitative estimate of drug-likeness (QED) is 0.299. The highest BCUT2D eigenvalue weighted by molar-refractivity contribution is 14.0. The summed E-state index contributed by atoms with van der Waals surface area (Å²) in [5, 5.41) is 13.0. The fourth-order valence-corrected chi connectivity index (χ4v) is 3.81. The highest BCUT2D eigenvalue weighted by Crippen LogP contribution is 2.20. The van der Waals surface area contributed by atoms with Gasteiger partial charge in [-0.2, -0.15) is 0 Å². The van der Waals surface area contributed by atoms with Gasteiger partial charge in [-0.05, 0) is 44.6 Å². The molecular weight excluding hydrogens is 403 g/mol. The zero-order chi connectivity index (χ0) is 15.9. The number of β-amino-alcohol motifs (C(OH)–C–C–N with tert-alkyl or cyclic N) is 1. The molecule has 0 aromatic heterocycles. The van der Waals surface area contributed by atoms with Gasteiger partial charge in [0.2, 0.25) is 0 Å². The van der Waals surface area contributed by atoms with Gasteiger partial charge in [-0.25, -0.2) is 0 Å². The number of aliphatic hydroxyl groups excluding tert-OH is 1. The molecule has 6 heteroatoms. The Bertz CT molecular complexity index is 357. The molecule has 136 valence electrons. The first-order chi connectivity index (χ1) is 10.6. The van der Waals surface area contributed by atoms with E-state index in [0.717, 1.165) is 56.8 Å². The van der Waals surface area contributed by atoms with Crippen molar-refractivity contribution in [1.82, 2.24) is 15.1 Å². The average Bonchev–Trinajstić information content (AvgIpc) is 2.88. The number of nitrogens with one attached hydrogen (secondary N) is 1. The topological polar surface area (TPSA) is 51.1 Å². The van der Waals surface area contributed by atoms with Gasteiger partial charge in [-0.3, -0.25) is 4.99 Å². The third-order valence-corrected chi connectivity index (χ3v) is 4.64. The van der Waals surface area contributed by atoms with Crippen LogP contribution in [0.5, 0.6) is 0 Å². The molecule has 0 spiro atoms. The third kappa shape index (κ3) is 7.13. The SMILES string of the molecule is CCNC(=NCCCN1CC(C)CC(C)C1)N1CC[C@@H](O)C1.I. The van der Waals surface area contributed by atoms with Crippen LogP contribution in [-0.2, 0) is 0 Å². The highest BCUT2D eigenvalue weighted by Gasteiger charge is 2.23. The summed E-state index contributed by atoms with van der Waals surface area (Å²) in [5.41, 5.74) is 0. The Morgan fingerprint density at radius 2 is 1.91 bits per heavy atom. The molecule has 2 N–H and O–H groups in total. The average molecular weight is 438 g/mol. The summed E-state index contributed by atoms with van der Waals surface area (Å²) in [4.78, 5) is 9.52. The molecule has 0 aliphatic carbocycles. The number of rotatable bonds is 5. The van der Waals surface area contributed by atoms with Gasteiger partial charge in [0.25, 0.3) is 0 Å². The molecule has 0 amide bonds. The fraction of sp³-hybridized carbons (Fsp3) is 0.941. The van der Waals surface area contributed by atoms with E-state index in [-0.39, 0.29) is 30.1 Å². The molecule has 0 aromatic carbocycles. The van der Waals surface area contributed by atoms with Crippen LogP contribution in [0.1, 0.15) is 40.0 Å². The number of aliphatic hydroxyl groups is 1. The van der Waals surface area contributed by atoms with Crippen molar-refractivity contribution in [2.24, 2.45) is 16.8 Å². The zero-order valence-electron chi connectivity index (χ0n) is 15.0. The minimum Gasteiger partial charge on any atom is -0.391 e. The standard InChI is InChI=1S/C17H34N4O.HI/c1-4-18-17(21-9-6-16(22)13-21)19-7-5-8-20-11-14(2)10-15(3)12-20;/h14-16,22H,4-13H2,1-3H3,(H,18,19);1H/t14?,15?,16-;/m1./s1. The molecule has 2 aliphatic rings. The Balaban J connectivity index is 0.00000264. The van der Waals surface area contributed by atoms with Crippen molar-refractivity contribution in [3.8, 4) is 0 Å². The van der Waals surface area contributed by atoms with Crippen LogP contribution < -0.4 is 5.32 Å². The second kappa shape index (κ2) is 10.7. The van der Waals surface area contributed by atoms with Gasteiger partial charge >= 0.3 is 0 Å². The molecule has 2 aliphatic heterocycles. The van der Waals surface area contributed by atoms with Crippen molar-refractivity contribution in [2.45, 2.75) is 46.1 Å². The Kier molecular flexibility index (Phi) is 9.77. The monoisotopic (exact) mass is 438 g/mol. The number of halogens is 1. The Morgan fingerprint density at radius 3 is 2.48 bits per heavy atom. The first kappa shape index (κ1) is 21.0. The molecule has 3 atom stereocenters. The maximum Gasteiger partial charge on any atom is 0.194 e. The zero-order valence-corrected chi connectivity index (χ0v) is 17.3. The van der Waals surface area contributed by atoms with Crippen molar-refractivity contribution in [3.05, 3.63) is 0 Å². The minimum atomic E-state index is -0.194. The summed E-state index contributed by atoms with van der Waals surface area (Å²) in [6.45, 7) is 13.8. The van der Waals surface area contributed by atoms with Crippen LogP contribution in [0.4, 0.5) is 0 Å². The largest absolute Gasteiger partial charge is 0.391 e. The number of guanidine groups is 1. The van der Waals surface area contributed by atoms with Crippen LogP contribution in [0.2, 0.25) is 0 Å². The van der Waals surface area contributed by atoms with E-state index in [0.29, 0.717) is 6.54 Å². The van der Waals surface area contributed by atoms with Gasteiger partial charge in [0.15, 0.2) is 5.96 Å². The number of piperidine rings is 1. The van der Waals surface area contributed by atoms with Crippen LogP contribution in [0, 0.1) is 11.8 Å². The molecule has 5 nitrogen and oxygen atoms in total. The number of hydrogen-bond donors (Lipinski definition) is 2. The van der Waals surface area contributed by atoms with Crippen molar-refractivity contribution >= 4 is 29.9 Å². The predicted octanol–water partition coefficient (Wildman–Crippen LogP) is 2.00. The normalized spacial score (nSPS) is 29.5. The first-order valence-corrected chi connectivity index (χ1v) is 9.02. The lowest BCUT2D eigenvalue weighted by atomic mass is 9.92. The summed E-state index contributed by atoms with van der Waals surface area (Å²) in [5.74, 6) is 2.63. The first-order valence-electron chi connectivity index (χ1n) is 9.02. The van der Waals surface area contributed by atoms with Crippen molar-refractivity contribution in [2.75, 3.05) is 45.8 Å². The molecule has 2 saturated heterocycles. The maximum atomic E-state index is 9.68. The number of hydrogen-bond acceptors (Lipinski definition) is 3. The highest BCUT2D eigenvalue weighted by atomic mass is 127. The lowest BCUT2D eigenvalue weighted by Gasteiger charge is -2.34. The third-order valence-electron chi connectivity index (χ3n) is 4.64. The molecular formula is C17H35IN4O. The van der Waals surface area contributed by atoms with Gasteiger partial charge in [0.05, 0.1) is 6.10 Å². The van der Waals surface area contributed by atoms with Crippen molar-refractivity contribution in [3.63, 3.8) is 0 Å². The van der Waals surface area contributed by atoms with Crippen LogP contribution in [-0.4, -0.2) is 72.8 Å². The summed E-state index contributed by atoms with van der Waals surface area (Å²) >= 11 is 0. The second-order valence-electron chi connectivity index (χ2n) is 7.18. The molecule has 0 radical (unpaired) electrons. The second-order valence-corrected chi connectivity index (χ2v) is 7.18. The predicted molar refractivity (Wildman–Crippen MR) is 108 cm³/mol. The van der Waals surface area contributed by atoms with E-state index in [4.69, 9.17) is 4.99 Å². The van der Waals surface area contributed by atoms with Gasteiger partial charge < -0.3 is 20.2 Å². The van der Waals surface area contributed by atoms with Gasteiger partial charge in [0.1, 0.15) is 0 Å². The Morgan fingerprint density at radius 1 is 1.22 bits per heavy atom. The molecule has 23 heavy (non-hydrogen) atoms.